The van der Waals surface area contributed by atoms with Gasteiger partial charge in [-0.1, -0.05) is 5.16 Å². The van der Waals surface area contributed by atoms with Gasteiger partial charge in [0, 0.05) is 13.0 Å². The van der Waals surface area contributed by atoms with Crippen LogP contribution < -0.4 is 11.1 Å². The summed E-state index contributed by atoms with van der Waals surface area (Å²) in [4.78, 5) is 11.6. The lowest BCUT2D eigenvalue weighted by Crippen LogP contribution is -2.29. The second-order valence-electron chi connectivity index (χ2n) is 3.79. The molecule has 1 rings (SSSR count). The molecule has 0 aliphatic carbocycles. The van der Waals surface area contributed by atoms with Gasteiger partial charge in [-0.05, 0) is 18.2 Å². The van der Waals surface area contributed by atoms with Crippen molar-refractivity contribution in [1.29, 1.82) is 0 Å². The number of nitrogens with two attached hydrogens (primary N) is 1. The molecular weight excluding hydrogens is 282 g/mol. The maximum absolute atomic E-state index is 13.3. The highest BCUT2D eigenvalue weighted by Crippen LogP contribution is 2.30. The maximum Gasteiger partial charge on any atom is 0.416 e. The van der Waals surface area contributed by atoms with E-state index in [2.05, 4.69) is 10.5 Å². The minimum Gasteiger partial charge on any atom is -0.409 e. The zero-order valence-electron chi connectivity index (χ0n) is 10.0. The topological polar surface area (TPSA) is 87.7 Å². The fourth-order valence-electron chi connectivity index (χ4n) is 1.32. The highest BCUT2D eigenvalue weighted by atomic mass is 19.4. The van der Waals surface area contributed by atoms with E-state index < -0.39 is 29.0 Å². The van der Waals surface area contributed by atoms with Gasteiger partial charge < -0.3 is 16.3 Å². The Kier molecular flexibility index (Phi) is 4.89. The first-order valence-corrected chi connectivity index (χ1v) is 5.37. The molecule has 0 saturated heterocycles. The molecule has 0 unspecified atom stereocenters. The van der Waals surface area contributed by atoms with Gasteiger partial charge in [0.2, 0.25) is 0 Å². The summed E-state index contributed by atoms with van der Waals surface area (Å²) in [5, 5.41) is 13.1. The summed E-state index contributed by atoms with van der Waals surface area (Å²) < 4.78 is 50.7. The van der Waals surface area contributed by atoms with Gasteiger partial charge in [-0.15, -0.1) is 0 Å². The third kappa shape index (κ3) is 4.11. The smallest absolute Gasteiger partial charge is 0.409 e. The van der Waals surface area contributed by atoms with E-state index in [-0.39, 0.29) is 18.8 Å². The number of carbonyl (C=O) groups excluding carboxylic acids is 1. The maximum atomic E-state index is 13.3. The Morgan fingerprint density at radius 2 is 2.05 bits per heavy atom. The van der Waals surface area contributed by atoms with Crippen LogP contribution in [-0.2, 0) is 6.18 Å². The molecule has 0 fully saturated rings. The lowest BCUT2D eigenvalue weighted by Gasteiger charge is -2.10. The Balaban J connectivity index is 2.82. The van der Waals surface area contributed by atoms with Crippen LogP contribution in [0.25, 0.3) is 0 Å². The summed E-state index contributed by atoms with van der Waals surface area (Å²) >= 11 is 0. The molecule has 110 valence electrons. The fraction of sp³-hybridized carbons (Fsp3) is 0.273. The number of amides is 1. The lowest BCUT2D eigenvalue weighted by molar-refractivity contribution is -0.137. The van der Waals surface area contributed by atoms with Crippen LogP contribution in [0, 0.1) is 5.82 Å². The van der Waals surface area contributed by atoms with Crippen molar-refractivity contribution in [3.8, 4) is 0 Å². The zero-order valence-corrected chi connectivity index (χ0v) is 10.0. The Hall–Kier alpha value is -2.32. The summed E-state index contributed by atoms with van der Waals surface area (Å²) in [5.41, 5.74) is 3.29. The van der Waals surface area contributed by atoms with E-state index in [0.29, 0.717) is 18.2 Å². The Labute approximate surface area is 111 Å². The first-order valence-electron chi connectivity index (χ1n) is 5.37. The van der Waals surface area contributed by atoms with Crippen molar-refractivity contribution in [3.05, 3.63) is 35.1 Å². The molecule has 0 aliphatic heterocycles. The molecule has 1 amide bonds. The SMILES string of the molecule is N/C(CCNC(=O)c1cc(C(F)(F)F)ccc1F)=N/O. The standard InChI is InChI=1S/C11H11F4N3O2/c12-8-2-1-6(11(13,14)15)5-7(8)10(19)17-4-3-9(16)18-20/h1-2,5,20H,3-4H2,(H2,16,18)(H,17,19). The van der Waals surface area contributed by atoms with Crippen molar-refractivity contribution in [3.63, 3.8) is 0 Å². The lowest BCUT2D eigenvalue weighted by atomic mass is 10.1. The number of nitrogens with zero attached hydrogens (tertiary/aromatic N) is 1. The summed E-state index contributed by atoms with van der Waals surface area (Å²) in [5.74, 6) is -2.26. The van der Waals surface area contributed by atoms with E-state index in [1.807, 2.05) is 0 Å². The van der Waals surface area contributed by atoms with Crippen LogP contribution in [0.4, 0.5) is 17.6 Å². The van der Waals surface area contributed by atoms with Crippen LogP contribution in [-0.4, -0.2) is 23.5 Å². The van der Waals surface area contributed by atoms with Gasteiger partial charge in [-0.2, -0.15) is 13.2 Å². The minimum atomic E-state index is -4.67. The molecule has 1 aromatic rings. The van der Waals surface area contributed by atoms with Crippen molar-refractivity contribution in [1.82, 2.24) is 5.32 Å². The second kappa shape index (κ2) is 6.22. The molecule has 5 nitrogen and oxygen atoms in total. The number of nitrogens with one attached hydrogen (secondary N) is 1. The summed E-state index contributed by atoms with van der Waals surface area (Å²) in [6.45, 7) is -0.107. The molecular formula is C11H11F4N3O2. The summed E-state index contributed by atoms with van der Waals surface area (Å²) in [6, 6.07) is 1.54. The Morgan fingerprint density at radius 1 is 1.40 bits per heavy atom. The molecule has 0 spiro atoms. The molecule has 0 aliphatic rings. The van der Waals surface area contributed by atoms with Crippen molar-refractivity contribution in [2.45, 2.75) is 12.6 Å². The molecule has 4 N–H and O–H groups in total. The minimum absolute atomic E-state index is 0.0250. The first-order chi connectivity index (χ1) is 9.25. The number of benzene rings is 1. The number of carbonyl (C=O) groups is 1. The van der Waals surface area contributed by atoms with Crippen molar-refractivity contribution >= 4 is 11.7 Å². The van der Waals surface area contributed by atoms with E-state index in [9.17, 15) is 22.4 Å². The highest BCUT2D eigenvalue weighted by Gasteiger charge is 2.31. The third-order valence-corrected chi connectivity index (χ3v) is 2.33. The fourth-order valence-corrected chi connectivity index (χ4v) is 1.32. The zero-order chi connectivity index (χ0) is 15.3. The normalized spacial score (nSPS) is 12.3. The first kappa shape index (κ1) is 15.7. The number of rotatable bonds is 4. The van der Waals surface area contributed by atoms with Crippen LogP contribution in [0.3, 0.4) is 0 Å². The predicted octanol–water partition coefficient (Wildman–Crippen LogP) is 1.71. The van der Waals surface area contributed by atoms with Gasteiger partial charge >= 0.3 is 6.18 Å². The highest BCUT2D eigenvalue weighted by molar-refractivity contribution is 5.95. The molecule has 0 radical (unpaired) electrons. The average molecular weight is 293 g/mol. The molecule has 20 heavy (non-hydrogen) atoms. The van der Waals surface area contributed by atoms with Gasteiger partial charge in [0.15, 0.2) is 0 Å². The van der Waals surface area contributed by atoms with Crippen LogP contribution in [0.1, 0.15) is 22.3 Å². The largest absolute Gasteiger partial charge is 0.416 e. The number of halogens is 4. The van der Waals surface area contributed by atoms with E-state index in [4.69, 9.17) is 10.9 Å². The van der Waals surface area contributed by atoms with Crippen LogP contribution >= 0.6 is 0 Å². The molecule has 1 aromatic carbocycles. The van der Waals surface area contributed by atoms with Gasteiger partial charge in [0.05, 0.1) is 11.1 Å². The van der Waals surface area contributed by atoms with E-state index in [1.54, 1.807) is 0 Å². The van der Waals surface area contributed by atoms with Crippen LogP contribution in [0.2, 0.25) is 0 Å². The van der Waals surface area contributed by atoms with E-state index in [0.717, 1.165) is 0 Å². The van der Waals surface area contributed by atoms with Crippen molar-refractivity contribution < 1.29 is 27.6 Å². The van der Waals surface area contributed by atoms with Crippen molar-refractivity contribution in [2.24, 2.45) is 10.9 Å². The number of oxime groups is 1. The number of amidine groups is 1. The van der Waals surface area contributed by atoms with Gasteiger partial charge in [0.1, 0.15) is 11.7 Å². The molecule has 0 bridgehead atoms. The Morgan fingerprint density at radius 3 is 2.60 bits per heavy atom. The molecule has 0 aromatic heterocycles. The number of hydrogen-bond acceptors (Lipinski definition) is 3. The van der Waals surface area contributed by atoms with Crippen LogP contribution in [0.15, 0.2) is 23.4 Å². The van der Waals surface area contributed by atoms with Gasteiger partial charge in [-0.25, -0.2) is 4.39 Å². The third-order valence-electron chi connectivity index (χ3n) is 2.33. The summed E-state index contributed by atoms with van der Waals surface area (Å²) in [7, 11) is 0. The molecule has 0 saturated carbocycles. The van der Waals surface area contributed by atoms with Gasteiger partial charge in [-0.3, -0.25) is 4.79 Å². The van der Waals surface area contributed by atoms with Crippen LogP contribution in [0.5, 0.6) is 0 Å². The van der Waals surface area contributed by atoms with Gasteiger partial charge in [0.25, 0.3) is 5.91 Å². The number of alkyl halides is 3. The van der Waals surface area contributed by atoms with Crippen molar-refractivity contribution in [2.75, 3.05) is 6.54 Å². The monoisotopic (exact) mass is 293 g/mol. The molecule has 0 heterocycles. The molecule has 0 atom stereocenters. The molecule has 9 heteroatoms. The number of hydrogen-bond donors (Lipinski definition) is 3. The van der Waals surface area contributed by atoms with E-state index in [1.165, 1.54) is 0 Å². The summed E-state index contributed by atoms with van der Waals surface area (Å²) in [6.07, 6.45) is -4.69. The average Bonchev–Trinajstić information content (AvgIpc) is 2.37. The predicted molar refractivity (Wildman–Crippen MR) is 61.8 cm³/mol. The Bertz CT molecular complexity index is 529. The van der Waals surface area contributed by atoms with E-state index >= 15 is 0 Å². The quantitative estimate of drug-likeness (QED) is 0.260. The second-order valence-corrected chi connectivity index (χ2v) is 3.79.